The number of benzene rings is 1. The molecule has 1 fully saturated rings. The molecule has 0 saturated carbocycles. The van der Waals surface area contributed by atoms with Gasteiger partial charge in [-0.1, -0.05) is 23.7 Å². The SMILES string of the molecule is CS(=O)(=O)CNCC(C(=O)O)C(CCCc1ccc(Cl)cc1)C(=O)N1CCCCC1. The number of carboxylic acid groups (broad SMARTS) is 1. The summed E-state index contributed by atoms with van der Waals surface area (Å²) < 4.78 is 22.8. The minimum absolute atomic E-state index is 0.0619. The molecule has 2 rings (SSSR count). The molecule has 0 aliphatic carbocycles. The van der Waals surface area contributed by atoms with E-state index in [0.29, 0.717) is 37.4 Å². The lowest BCUT2D eigenvalue weighted by Gasteiger charge is -2.33. The van der Waals surface area contributed by atoms with E-state index in [1.165, 1.54) is 0 Å². The van der Waals surface area contributed by atoms with E-state index in [1.54, 1.807) is 4.90 Å². The van der Waals surface area contributed by atoms with Crippen LogP contribution >= 0.6 is 11.6 Å². The number of aliphatic carboxylic acids is 1. The molecule has 0 radical (unpaired) electrons. The van der Waals surface area contributed by atoms with Crippen LogP contribution in [0.2, 0.25) is 5.02 Å². The number of amides is 1. The Balaban J connectivity index is 2.09. The molecular formula is C21H31ClN2O5S. The first-order valence-electron chi connectivity index (χ1n) is 10.3. The van der Waals surface area contributed by atoms with Gasteiger partial charge in [-0.15, -0.1) is 0 Å². The van der Waals surface area contributed by atoms with E-state index < -0.39 is 27.6 Å². The molecule has 1 aliphatic rings. The summed E-state index contributed by atoms with van der Waals surface area (Å²) in [6.07, 6.45) is 5.80. The highest BCUT2D eigenvalue weighted by Gasteiger charge is 2.36. The molecule has 0 spiro atoms. The normalized spacial score (nSPS) is 16.8. The number of halogens is 1. The Kier molecular flexibility index (Phi) is 9.58. The maximum atomic E-state index is 13.2. The van der Waals surface area contributed by atoms with Gasteiger partial charge in [-0.05, 0) is 56.2 Å². The Hall–Kier alpha value is -1.64. The summed E-state index contributed by atoms with van der Waals surface area (Å²) >= 11 is 5.92. The molecule has 2 atom stereocenters. The number of hydrogen-bond acceptors (Lipinski definition) is 5. The van der Waals surface area contributed by atoms with Crippen molar-refractivity contribution in [2.24, 2.45) is 11.8 Å². The first kappa shape index (κ1) is 24.6. The summed E-state index contributed by atoms with van der Waals surface area (Å²) in [5.74, 6) is -3.21. The highest BCUT2D eigenvalue weighted by molar-refractivity contribution is 7.90. The molecule has 1 saturated heterocycles. The van der Waals surface area contributed by atoms with Crippen molar-refractivity contribution in [3.8, 4) is 0 Å². The van der Waals surface area contributed by atoms with Crippen LogP contribution < -0.4 is 5.32 Å². The highest BCUT2D eigenvalue weighted by atomic mass is 35.5. The van der Waals surface area contributed by atoms with Crippen LogP contribution in [-0.4, -0.2) is 62.1 Å². The van der Waals surface area contributed by atoms with Crippen molar-refractivity contribution in [1.29, 1.82) is 0 Å². The molecule has 2 N–H and O–H groups in total. The van der Waals surface area contributed by atoms with Crippen LogP contribution in [0.5, 0.6) is 0 Å². The quantitative estimate of drug-likeness (QED) is 0.528. The van der Waals surface area contributed by atoms with Crippen LogP contribution in [0.25, 0.3) is 0 Å². The summed E-state index contributed by atoms with van der Waals surface area (Å²) in [5, 5.41) is 13.2. The van der Waals surface area contributed by atoms with Crippen LogP contribution in [-0.2, 0) is 25.8 Å². The standard InChI is InChI=1S/C21H31ClN2O5S/c1-30(28,29)15-23-14-19(21(26)27)18(20(25)24-12-3-2-4-13-24)7-5-6-16-8-10-17(22)11-9-16/h8-11,18-19,23H,2-7,12-15H2,1H3,(H,26,27). The molecule has 1 amide bonds. The Morgan fingerprint density at radius 3 is 2.33 bits per heavy atom. The van der Waals surface area contributed by atoms with E-state index >= 15 is 0 Å². The molecule has 30 heavy (non-hydrogen) atoms. The summed E-state index contributed by atoms with van der Waals surface area (Å²) in [6.45, 7) is 1.23. The van der Waals surface area contributed by atoms with Crippen molar-refractivity contribution in [2.45, 2.75) is 38.5 Å². The fourth-order valence-corrected chi connectivity index (χ4v) is 4.44. The Bertz CT molecular complexity index is 807. The molecule has 168 valence electrons. The molecule has 0 bridgehead atoms. The van der Waals surface area contributed by atoms with Crippen molar-refractivity contribution in [1.82, 2.24) is 10.2 Å². The zero-order chi connectivity index (χ0) is 22.1. The topological polar surface area (TPSA) is 104 Å². The van der Waals surface area contributed by atoms with E-state index in [9.17, 15) is 23.1 Å². The highest BCUT2D eigenvalue weighted by Crippen LogP contribution is 2.25. The van der Waals surface area contributed by atoms with Gasteiger partial charge in [-0.3, -0.25) is 9.59 Å². The fraction of sp³-hybridized carbons (Fsp3) is 0.619. The van der Waals surface area contributed by atoms with Gasteiger partial charge in [0, 0.05) is 30.9 Å². The van der Waals surface area contributed by atoms with E-state index in [-0.39, 0.29) is 18.3 Å². The van der Waals surface area contributed by atoms with Gasteiger partial charge < -0.3 is 15.3 Å². The first-order chi connectivity index (χ1) is 14.2. The largest absolute Gasteiger partial charge is 0.481 e. The van der Waals surface area contributed by atoms with Crippen LogP contribution in [0, 0.1) is 11.8 Å². The minimum atomic E-state index is -3.28. The summed E-state index contributed by atoms with van der Waals surface area (Å²) in [7, 11) is -3.28. The number of carbonyl (C=O) groups is 2. The van der Waals surface area contributed by atoms with Gasteiger partial charge in [0.1, 0.15) is 0 Å². The third-order valence-corrected chi connectivity index (χ3v) is 6.39. The molecule has 1 aromatic carbocycles. The number of aryl methyl sites for hydroxylation is 1. The maximum absolute atomic E-state index is 13.2. The van der Waals surface area contributed by atoms with Crippen molar-refractivity contribution >= 4 is 33.3 Å². The van der Waals surface area contributed by atoms with Crippen LogP contribution in [0.1, 0.15) is 37.7 Å². The molecule has 1 aliphatic heterocycles. The van der Waals surface area contributed by atoms with Gasteiger partial charge in [0.15, 0.2) is 9.84 Å². The Morgan fingerprint density at radius 1 is 1.13 bits per heavy atom. The lowest BCUT2D eigenvalue weighted by molar-refractivity contribution is -0.151. The first-order valence-corrected chi connectivity index (χ1v) is 12.8. The average molecular weight is 459 g/mol. The second-order valence-electron chi connectivity index (χ2n) is 7.98. The number of likely N-dealkylation sites (tertiary alicyclic amines) is 1. The van der Waals surface area contributed by atoms with Gasteiger partial charge in [0.2, 0.25) is 5.91 Å². The molecule has 7 nitrogen and oxygen atoms in total. The number of nitrogens with one attached hydrogen (secondary N) is 1. The molecular weight excluding hydrogens is 428 g/mol. The number of sulfone groups is 1. The van der Waals surface area contributed by atoms with E-state index in [2.05, 4.69) is 5.32 Å². The van der Waals surface area contributed by atoms with Crippen molar-refractivity contribution < 1.29 is 23.1 Å². The third kappa shape index (κ3) is 8.24. The summed E-state index contributed by atoms with van der Waals surface area (Å²) in [4.78, 5) is 26.9. The molecule has 9 heteroatoms. The number of nitrogens with zero attached hydrogens (tertiary/aromatic N) is 1. The van der Waals surface area contributed by atoms with Gasteiger partial charge in [0.25, 0.3) is 0 Å². The Morgan fingerprint density at radius 2 is 1.77 bits per heavy atom. The van der Waals surface area contributed by atoms with Gasteiger partial charge in [-0.2, -0.15) is 0 Å². The van der Waals surface area contributed by atoms with Gasteiger partial charge in [-0.25, -0.2) is 8.42 Å². The van der Waals surface area contributed by atoms with Crippen molar-refractivity contribution in [2.75, 3.05) is 31.8 Å². The molecule has 1 aromatic rings. The van der Waals surface area contributed by atoms with Gasteiger partial charge in [0.05, 0.1) is 17.7 Å². The summed E-state index contributed by atoms with van der Waals surface area (Å²) in [6, 6.07) is 7.46. The third-order valence-electron chi connectivity index (χ3n) is 5.41. The molecule has 2 unspecified atom stereocenters. The number of piperidine rings is 1. The van der Waals surface area contributed by atoms with E-state index in [4.69, 9.17) is 11.6 Å². The summed E-state index contributed by atoms with van der Waals surface area (Å²) in [5.41, 5.74) is 1.07. The zero-order valence-electron chi connectivity index (χ0n) is 17.3. The number of carbonyl (C=O) groups excluding carboxylic acids is 1. The fourth-order valence-electron chi connectivity index (χ4n) is 3.82. The minimum Gasteiger partial charge on any atom is -0.481 e. The zero-order valence-corrected chi connectivity index (χ0v) is 18.9. The van der Waals surface area contributed by atoms with Crippen LogP contribution in [0.4, 0.5) is 0 Å². The Labute approximate surface area is 183 Å². The van der Waals surface area contributed by atoms with Crippen molar-refractivity contribution in [3.05, 3.63) is 34.9 Å². The predicted molar refractivity (Wildman–Crippen MR) is 117 cm³/mol. The maximum Gasteiger partial charge on any atom is 0.308 e. The van der Waals surface area contributed by atoms with Crippen LogP contribution in [0.15, 0.2) is 24.3 Å². The smallest absolute Gasteiger partial charge is 0.308 e. The van der Waals surface area contributed by atoms with E-state index in [1.807, 2.05) is 24.3 Å². The van der Waals surface area contributed by atoms with Crippen molar-refractivity contribution in [3.63, 3.8) is 0 Å². The molecule has 1 heterocycles. The monoisotopic (exact) mass is 458 g/mol. The number of hydrogen-bond donors (Lipinski definition) is 2. The van der Waals surface area contributed by atoms with Gasteiger partial charge >= 0.3 is 5.97 Å². The van der Waals surface area contributed by atoms with Crippen LogP contribution in [0.3, 0.4) is 0 Å². The second kappa shape index (κ2) is 11.7. The lowest BCUT2D eigenvalue weighted by Crippen LogP contribution is -2.46. The number of carboxylic acids is 1. The lowest BCUT2D eigenvalue weighted by atomic mass is 9.85. The second-order valence-corrected chi connectivity index (χ2v) is 10.6. The molecule has 0 aromatic heterocycles. The van der Waals surface area contributed by atoms with E-state index in [0.717, 1.165) is 31.1 Å². The predicted octanol–water partition coefficient (Wildman–Crippen LogP) is 2.58. The number of rotatable bonds is 11. The average Bonchev–Trinajstić information content (AvgIpc) is 2.70.